The van der Waals surface area contributed by atoms with Crippen molar-refractivity contribution in [1.29, 1.82) is 0 Å². The molecule has 6 nitrogen and oxygen atoms in total. The molecule has 1 aliphatic rings. The lowest BCUT2D eigenvalue weighted by Crippen LogP contribution is -2.38. The third kappa shape index (κ3) is 2.48. The van der Waals surface area contributed by atoms with E-state index in [1.807, 2.05) is 0 Å². The van der Waals surface area contributed by atoms with Crippen LogP contribution in [0.1, 0.15) is 24.5 Å². The summed E-state index contributed by atoms with van der Waals surface area (Å²) in [5.74, 6) is -0.684. The number of rotatable bonds is 3. The summed E-state index contributed by atoms with van der Waals surface area (Å²) < 4.78 is 29.2. The van der Waals surface area contributed by atoms with Gasteiger partial charge in [-0.05, 0) is 41.8 Å². The summed E-state index contributed by atoms with van der Waals surface area (Å²) in [7, 11) is 1.43. The molecule has 1 heterocycles. The molecule has 2 aromatic rings. The standard InChI is InChI=1S/C14H13BrF2N4O2/c1-7-18-12(14(3-4-14)20(2)13(22)23)21(19-7)10-6-8(16)5-9(15)11(10)17/h5-6H,3-4H2,1-2H3,(H,22,23). The van der Waals surface area contributed by atoms with Gasteiger partial charge in [-0.3, -0.25) is 4.90 Å². The van der Waals surface area contributed by atoms with Crippen molar-refractivity contribution in [2.24, 2.45) is 0 Å². The molecule has 1 fully saturated rings. The van der Waals surface area contributed by atoms with Crippen LogP contribution >= 0.6 is 15.9 Å². The second-order valence-electron chi connectivity index (χ2n) is 5.49. The van der Waals surface area contributed by atoms with Crippen molar-refractivity contribution < 1.29 is 18.7 Å². The van der Waals surface area contributed by atoms with Gasteiger partial charge in [-0.1, -0.05) is 0 Å². The highest BCUT2D eigenvalue weighted by molar-refractivity contribution is 9.10. The molecular weight excluding hydrogens is 374 g/mol. The third-order valence-electron chi connectivity index (χ3n) is 3.98. The molecule has 1 aliphatic carbocycles. The van der Waals surface area contributed by atoms with E-state index in [0.29, 0.717) is 18.7 Å². The number of carboxylic acid groups (broad SMARTS) is 1. The molecule has 0 atom stereocenters. The highest BCUT2D eigenvalue weighted by atomic mass is 79.9. The number of carbonyl (C=O) groups is 1. The lowest BCUT2D eigenvalue weighted by Gasteiger charge is -2.25. The van der Waals surface area contributed by atoms with Crippen LogP contribution in [-0.2, 0) is 5.54 Å². The summed E-state index contributed by atoms with van der Waals surface area (Å²) in [5.41, 5.74) is -0.976. The first-order chi connectivity index (χ1) is 10.8. The van der Waals surface area contributed by atoms with Gasteiger partial charge in [0.05, 0.1) is 4.47 Å². The molecule has 122 valence electrons. The molecule has 1 amide bonds. The minimum atomic E-state index is -1.12. The van der Waals surface area contributed by atoms with Gasteiger partial charge in [-0.2, -0.15) is 5.10 Å². The Morgan fingerprint density at radius 3 is 2.65 bits per heavy atom. The van der Waals surface area contributed by atoms with Gasteiger partial charge in [0.15, 0.2) is 11.6 Å². The van der Waals surface area contributed by atoms with Crippen LogP contribution in [0.5, 0.6) is 0 Å². The number of nitrogens with zero attached hydrogens (tertiary/aromatic N) is 4. The number of hydrogen-bond donors (Lipinski definition) is 1. The van der Waals surface area contributed by atoms with Gasteiger partial charge in [-0.25, -0.2) is 23.2 Å². The Balaban J connectivity index is 2.19. The highest BCUT2D eigenvalue weighted by Gasteiger charge is 2.54. The average Bonchev–Trinajstić information content (AvgIpc) is 3.19. The Bertz CT molecular complexity index is 804. The average molecular weight is 387 g/mol. The van der Waals surface area contributed by atoms with Crippen LogP contribution in [0.15, 0.2) is 16.6 Å². The van der Waals surface area contributed by atoms with Gasteiger partial charge >= 0.3 is 6.09 Å². The van der Waals surface area contributed by atoms with Gasteiger partial charge in [0, 0.05) is 13.1 Å². The van der Waals surface area contributed by atoms with Gasteiger partial charge < -0.3 is 5.11 Å². The van der Waals surface area contributed by atoms with Crippen molar-refractivity contribution in [2.45, 2.75) is 25.3 Å². The van der Waals surface area contributed by atoms with E-state index in [-0.39, 0.29) is 16.0 Å². The van der Waals surface area contributed by atoms with Crippen molar-refractivity contribution in [1.82, 2.24) is 19.7 Å². The number of hydrogen-bond acceptors (Lipinski definition) is 3. The fourth-order valence-electron chi connectivity index (χ4n) is 2.59. The van der Waals surface area contributed by atoms with Crippen LogP contribution in [0.3, 0.4) is 0 Å². The first-order valence-electron chi connectivity index (χ1n) is 6.82. The second kappa shape index (κ2) is 5.26. The van der Waals surface area contributed by atoms with E-state index in [1.165, 1.54) is 11.7 Å². The summed E-state index contributed by atoms with van der Waals surface area (Å²) in [6.07, 6.45) is -0.0199. The van der Waals surface area contributed by atoms with Crippen LogP contribution in [0.4, 0.5) is 13.6 Å². The molecule has 0 spiro atoms. The lowest BCUT2D eigenvalue weighted by molar-refractivity contribution is 0.128. The van der Waals surface area contributed by atoms with Crippen molar-refractivity contribution in [3.63, 3.8) is 0 Å². The second-order valence-corrected chi connectivity index (χ2v) is 6.34. The molecular formula is C14H13BrF2N4O2. The maximum atomic E-state index is 14.4. The SMILES string of the molecule is Cc1nc(C2(N(C)C(=O)O)CC2)n(-c2cc(F)cc(Br)c2F)n1. The summed E-state index contributed by atoms with van der Waals surface area (Å²) >= 11 is 2.96. The van der Waals surface area contributed by atoms with Crippen molar-refractivity contribution in [3.8, 4) is 5.69 Å². The van der Waals surface area contributed by atoms with Crippen LogP contribution in [0, 0.1) is 18.6 Å². The summed E-state index contributed by atoms with van der Waals surface area (Å²) in [5, 5.41) is 13.4. The Morgan fingerprint density at radius 1 is 1.43 bits per heavy atom. The quantitative estimate of drug-likeness (QED) is 0.822. The number of aromatic nitrogens is 3. The van der Waals surface area contributed by atoms with Crippen LogP contribution in [-0.4, -0.2) is 37.9 Å². The predicted molar refractivity (Wildman–Crippen MR) is 80.4 cm³/mol. The topological polar surface area (TPSA) is 71.2 Å². The first kappa shape index (κ1) is 15.9. The maximum Gasteiger partial charge on any atom is 0.407 e. The maximum absolute atomic E-state index is 14.4. The van der Waals surface area contributed by atoms with E-state index in [0.717, 1.165) is 17.0 Å². The largest absolute Gasteiger partial charge is 0.465 e. The van der Waals surface area contributed by atoms with Gasteiger partial charge in [-0.15, -0.1) is 0 Å². The van der Waals surface area contributed by atoms with E-state index in [1.54, 1.807) is 6.92 Å². The fraction of sp³-hybridized carbons (Fsp3) is 0.357. The van der Waals surface area contributed by atoms with Crippen LogP contribution in [0.25, 0.3) is 5.69 Å². The van der Waals surface area contributed by atoms with Gasteiger partial charge in [0.1, 0.15) is 22.9 Å². The normalized spacial score (nSPS) is 15.5. The molecule has 1 aromatic carbocycles. The zero-order chi connectivity index (χ0) is 16.9. The minimum Gasteiger partial charge on any atom is -0.465 e. The molecule has 9 heteroatoms. The van der Waals surface area contributed by atoms with E-state index in [9.17, 15) is 18.7 Å². The summed E-state index contributed by atoms with van der Waals surface area (Å²) in [4.78, 5) is 16.7. The predicted octanol–water partition coefficient (Wildman–Crippen LogP) is 3.22. The molecule has 0 unspecified atom stereocenters. The Hall–Kier alpha value is -2.03. The summed E-state index contributed by atoms with van der Waals surface area (Å²) in [6, 6.07) is 2.02. The Kier molecular flexibility index (Phi) is 3.62. The molecule has 1 N–H and O–H groups in total. The molecule has 23 heavy (non-hydrogen) atoms. The van der Waals surface area contributed by atoms with Crippen molar-refractivity contribution in [3.05, 3.63) is 39.9 Å². The van der Waals surface area contributed by atoms with E-state index >= 15 is 0 Å². The molecule has 0 bridgehead atoms. The van der Waals surface area contributed by atoms with E-state index in [4.69, 9.17) is 0 Å². The van der Waals surface area contributed by atoms with Gasteiger partial charge in [0.2, 0.25) is 0 Å². The lowest BCUT2D eigenvalue weighted by atomic mass is 10.2. The van der Waals surface area contributed by atoms with Crippen LogP contribution < -0.4 is 0 Å². The molecule has 3 rings (SSSR count). The first-order valence-corrected chi connectivity index (χ1v) is 7.61. The molecule has 1 saturated carbocycles. The van der Waals surface area contributed by atoms with Gasteiger partial charge in [0.25, 0.3) is 0 Å². The zero-order valence-electron chi connectivity index (χ0n) is 12.3. The fourth-order valence-corrected chi connectivity index (χ4v) is 3.01. The Morgan fingerprint density at radius 2 is 2.09 bits per heavy atom. The molecule has 0 aliphatic heterocycles. The van der Waals surface area contributed by atoms with E-state index in [2.05, 4.69) is 26.0 Å². The number of halogens is 3. The Labute approximate surface area is 138 Å². The third-order valence-corrected chi connectivity index (χ3v) is 4.56. The van der Waals surface area contributed by atoms with Crippen molar-refractivity contribution in [2.75, 3.05) is 7.05 Å². The zero-order valence-corrected chi connectivity index (χ0v) is 13.9. The number of aryl methyl sites for hydroxylation is 1. The highest BCUT2D eigenvalue weighted by Crippen LogP contribution is 2.50. The minimum absolute atomic E-state index is 0.0389. The van der Waals surface area contributed by atoms with E-state index < -0.39 is 23.3 Å². The van der Waals surface area contributed by atoms with Crippen LogP contribution in [0.2, 0.25) is 0 Å². The monoisotopic (exact) mass is 386 g/mol. The number of benzene rings is 1. The smallest absolute Gasteiger partial charge is 0.407 e. The molecule has 0 saturated heterocycles. The molecule has 1 aromatic heterocycles. The van der Waals surface area contributed by atoms with Crippen molar-refractivity contribution >= 4 is 22.0 Å². The number of amides is 1. The molecule has 0 radical (unpaired) electrons. The summed E-state index contributed by atoms with van der Waals surface area (Å²) in [6.45, 7) is 1.61.